The smallest absolute Gasteiger partial charge is 0.339 e. The highest BCUT2D eigenvalue weighted by Gasteiger charge is 2.13. The third-order valence-electron chi connectivity index (χ3n) is 2.84. The van der Waals surface area contributed by atoms with E-state index in [9.17, 15) is 14.7 Å². The van der Waals surface area contributed by atoms with E-state index in [1.54, 1.807) is 30.3 Å². The van der Waals surface area contributed by atoms with E-state index < -0.39 is 5.97 Å². The van der Waals surface area contributed by atoms with Crippen molar-refractivity contribution in [1.29, 1.82) is 0 Å². The van der Waals surface area contributed by atoms with Crippen molar-refractivity contribution in [3.8, 4) is 16.9 Å². The summed E-state index contributed by atoms with van der Waals surface area (Å²) in [4.78, 5) is 22.6. The van der Waals surface area contributed by atoms with Crippen LogP contribution in [0.3, 0.4) is 0 Å². The maximum absolute atomic E-state index is 11.6. The fourth-order valence-electron chi connectivity index (χ4n) is 1.92. The van der Waals surface area contributed by atoms with E-state index in [-0.39, 0.29) is 17.1 Å². The lowest BCUT2D eigenvalue weighted by atomic mass is 9.96. The fraction of sp³-hybridized carbons (Fsp3) is 0.0667. The molecule has 2 rings (SSSR count). The van der Waals surface area contributed by atoms with Crippen LogP contribution in [0, 0.1) is 0 Å². The number of ketones is 1. The summed E-state index contributed by atoms with van der Waals surface area (Å²) in [6.07, 6.45) is 0. The molecule has 4 nitrogen and oxygen atoms in total. The Labute approximate surface area is 109 Å². The third kappa shape index (κ3) is 2.47. The first-order chi connectivity index (χ1) is 9.00. The first kappa shape index (κ1) is 12.8. The number of benzene rings is 2. The quantitative estimate of drug-likeness (QED) is 0.828. The summed E-state index contributed by atoms with van der Waals surface area (Å²) in [6, 6.07) is 11.2. The average Bonchev–Trinajstić information content (AvgIpc) is 2.39. The molecule has 2 aromatic carbocycles. The van der Waals surface area contributed by atoms with Crippen LogP contribution in [0.2, 0.25) is 0 Å². The SMILES string of the molecule is CC(=O)c1ccccc1-c1ccc(O)c(C(=O)O)c1. The monoisotopic (exact) mass is 256 g/mol. The molecule has 0 aliphatic heterocycles. The molecule has 0 unspecified atom stereocenters. The molecule has 0 bridgehead atoms. The van der Waals surface area contributed by atoms with Crippen LogP contribution in [0.5, 0.6) is 5.75 Å². The number of Topliss-reactive ketones (excluding diaryl/α,β-unsaturated/α-hetero) is 1. The van der Waals surface area contributed by atoms with Gasteiger partial charge >= 0.3 is 5.97 Å². The highest BCUT2D eigenvalue weighted by molar-refractivity contribution is 6.01. The normalized spacial score (nSPS) is 10.2. The Kier molecular flexibility index (Phi) is 3.33. The minimum Gasteiger partial charge on any atom is -0.507 e. The number of aromatic carboxylic acids is 1. The number of hydrogen-bond donors (Lipinski definition) is 2. The zero-order valence-corrected chi connectivity index (χ0v) is 10.3. The van der Waals surface area contributed by atoms with Crippen LogP contribution in [0.15, 0.2) is 42.5 Å². The number of carbonyl (C=O) groups is 2. The second-order valence-electron chi connectivity index (χ2n) is 4.14. The van der Waals surface area contributed by atoms with Gasteiger partial charge in [0.05, 0.1) is 0 Å². The van der Waals surface area contributed by atoms with Crippen LogP contribution in [-0.4, -0.2) is 22.0 Å². The molecule has 0 heterocycles. The molecule has 0 atom stereocenters. The zero-order chi connectivity index (χ0) is 14.0. The summed E-state index contributed by atoms with van der Waals surface area (Å²) in [5.74, 6) is -1.60. The number of aromatic hydroxyl groups is 1. The Balaban J connectivity index is 2.63. The van der Waals surface area contributed by atoms with Gasteiger partial charge in [0.1, 0.15) is 11.3 Å². The minimum absolute atomic E-state index is 0.0967. The molecule has 0 spiro atoms. The van der Waals surface area contributed by atoms with Gasteiger partial charge in [0.2, 0.25) is 0 Å². The highest BCUT2D eigenvalue weighted by atomic mass is 16.4. The first-order valence-electron chi connectivity index (χ1n) is 5.67. The number of carbonyl (C=O) groups excluding carboxylic acids is 1. The molecule has 4 heteroatoms. The van der Waals surface area contributed by atoms with E-state index >= 15 is 0 Å². The Morgan fingerprint density at radius 1 is 1.00 bits per heavy atom. The van der Waals surface area contributed by atoms with Crippen LogP contribution in [-0.2, 0) is 0 Å². The average molecular weight is 256 g/mol. The zero-order valence-electron chi connectivity index (χ0n) is 10.3. The van der Waals surface area contributed by atoms with Gasteiger partial charge in [0.25, 0.3) is 0 Å². The van der Waals surface area contributed by atoms with Crippen molar-refractivity contribution >= 4 is 11.8 Å². The van der Waals surface area contributed by atoms with Crippen molar-refractivity contribution in [2.24, 2.45) is 0 Å². The van der Waals surface area contributed by atoms with Crippen LogP contribution in [0.1, 0.15) is 27.6 Å². The van der Waals surface area contributed by atoms with Crippen LogP contribution in [0.4, 0.5) is 0 Å². The molecule has 0 saturated heterocycles. The molecule has 96 valence electrons. The predicted octanol–water partition coefficient (Wildman–Crippen LogP) is 2.96. The van der Waals surface area contributed by atoms with Crippen LogP contribution in [0.25, 0.3) is 11.1 Å². The van der Waals surface area contributed by atoms with Crippen LogP contribution < -0.4 is 0 Å². The van der Waals surface area contributed by atoms with E-state index in [1.807, 2.05) is 0 Å². The number of carboxylic acids is 1. The van der Waals surface area contributed by atoms with E-state index in [4.69, 9.17) is 5.11 Å². The summed E-state index contributed by atoms with van der Waals surface area (Å²) in [5.41, 5.74) is 1.57. The summed E-state index contributed by atoms with van der Waals surface area (Å²) in [5, 5.41) is 18.5. The Morgan fingerprint density at radius 3 is 2.32 bits per heavy atom. The number of rotatable bonds is 3. The Bertz CT molecular complexity index is 659. The van der Waals surface area contributed by atoms with Crippen molar-refractivity contribution in [3.05, 3.63) is 53.6 Å². The summed E-state index contributed by atoms with van der Waals surface area (Å²) < 4.78 is 0. The van der Waals surface area contributed by atoms with Gasteiger partial charge in [-0.15, -0.1) is 0 Å². The van der Waals surface area contributed by atoms with Gasteiger partial charge in [-0.25, -0.2) is 4.79 Å². The summed E-state index contributed by atoms with van der Waals surface area (Å²) in [7, 11) is 0. The predicted molar refractivity (Wildman–Crippen MR) is 70.5 cm³/mol. The second-order valence-corrected chi connectivity index (χ2v) is 4.14. The van der Waals surface area contributed by atoms with E-state index in [2.05, 4.69) is 0 Å². The van der Waals surface area contributed by atoms with E-state index in [1.165, 1.54) is 19.1 Å². The number of hydrogen-bond acceptors (Lipinski definition) is 3. The van der Waals surface area contributed by atoms with Gasteiger partial charge in [0.15, 0.2) is 5.78 Å². The molecule has 0 aliphatic carbocycles. The third-order valence-corrected chi connectivity index (χ3v) is 2.84. The molecule has 0 amide bonds. The molecule has 2 aromatic rings. The summed E-state index contributed by atoms with van der Waals surface area (Å²) >= 11 is 0. The van der Waals surface area contributed by atoms with Gasteiger partial charge in [-0.3, -0.25) is 4.79 Å². The van der Waals surface area contributed by atoms with Gasteiger partial charge in [-0.1, -0.05) is 30.3 Å². The molecule has 0 radical (unpaired) electrons. The lowest BCUT2D eigenvalue weighted by Crippen LogP contribution is -1.99. The molecule has 2 N–H and O–H groups in total. The first-order valence-corrected chi connectivity index (χ1v) is 5.67. The number of phenols is 1. The molecule has 0 saturated carbocycles. The largest absolute Gasteiger partial charge is 0.507 e. The van der Waals surface area contributed by atoms with Crippen molar-refractivity contribution in [2.75, 3.05) is 0 Å². The number of carboxylic acid groups (broad SMARTS) is 1. The van der Waals surface area contributed by atoms with Gasteiger partial charge in [-0.05, 0) is 30.2 Å². The molecule has 0 aromatic heterocycles. The van der Waals surface area contributed by atoms with E-state index in [0.717, 1.165) is 0 Å². The Morgan fingerprint density at radius 2 is 1.68 bits per heavy atom. The lowest BCUT2D eigenvalue weighted by Gasteiger charge is -2.08. The highest BCUT2D eigenvalue weighted by Crippen LogP contribution is 2.28. The standard InChI is InChI=1S/C15H12O4/c1-9(16)11-4-2-3-5-12(11)10-6-7-14(17)13(8-10)15(18)19/h2-8,17H,1H3,(H,18,19). The van der Waals surface area contributed by atoms with E-state index in [0.29, 0.717) is 16.7 Å². The Hall–Kier alpha value is -2.62. The van der Waals surface area contributed by atoms with Crippen molar-refractivity contribution in [2.45, 2.75) is 6.92 Å². The van der Waals surface area contributed by atoms with Gasteiger partial charge < -0.3 is 10.2 Å². The molecule has 0 fully saturated rings. The van der Waals surface area contributed by atoms with Crippen molar-refractivity contribution in [1.82, 2.24) is 0 Å². The maximum Gasteiger partial charge on any atom is 0.339 e. The molecule has 0 aliphatic rings. The minimum atomic E-state index is -1.21. The lowest BCUT2D eigenvalue weighted by molar-refractivity contribution is 0.0693. The fourth-order valence-corrected chi connectivity index (χ4v) is 1.92. The second kappa shape index (κ2) is 4.94. The molecular formula is C15H12O4. The summed E-state index contributed by atoms with van der Waals surface area (Å²) in [6.45, 7) is 1.46. The van der Waals surface area contributed by atoms with Crippen molar-refractivity contribution in [3.63, 3.8) is 0 Å². The van der Waals surface area contributed by atoms with Crippen molar-refractivity contribution < 1.29 is 19.8 Å². The molecule has 19 heavy (non-hydrogen) atoms. The topological polar surface area (TPSA) is 74.6 Å². The van der Waals surface area contributed by atoms with Gasteiger partial charge in [-0.2, -0.15) is 0 Å². The van der Waals surface area contributed by atoms with Gasteiger partial charge in [0, 0.05) is 5.56 Å². The van der Waals surface area contributed by atoms with Crippen LogP contribution >= 0.6 is 0 Å². The maximum atomic E-state index is 11.6. The molecular weight excluding hydrogens is 244 g/mol.